The van der Waals surface area contributed by atoms with Crippen molar-refractivity contribution in [3.05, 3.63) is 0 Å². The average Bonchev–Trinajstić information content (AvgIpc) is 2.38. The van der Waals surface area contributed by atoms with Gasteiger partial charge in [0.15, 0.2) is 0 Å². The smallest absolute Gasteiger partial charge is 0.218 e. The molecule has 0 rings (SSSR count). The van der Waals surface area contributed by atoms with Crippen molar-refractivity contribution in [1.82, 2.24) is 5.32 Å². The van der Waals surface area contributed by atoms with Gasteiger partial charge in [-0.25, -0.2) is 8.42 Å². The molecule has 0 radical (unpaired) electrons. The minimum absolute atomic E-state index is 0.375. The van der Waals surface area contributed by atoms with Gasteiger partial charge in [-0.2, -0.15) is 0 Å². The fourth-order valence-electron chi connectivity index (χ4n) is 1.95. The lowest BCUT2D eigenvalue weighted by Crippen LogP contribution is -2.58. The zero-order valence-corrected chi connectivity index (χ0v) is 13.8. The molecule has 0 spiro atoms. The summed E-state index contributed by atoms with van der Waals surface area (Å²) in [6.07, 6.45) is -4.55. The summed E-state index contributed by atoms with van der Waals surface area (Å²) in [7, 11) is -5.15. The van der Waals surface area contributed by atoms with Gasteiger partial charge >= 0.3 is 0 Å². The second kappa shape index (κ2) is 8.75. The van der Waals surface area contributed by atoms with Gasteiger partial charge in [0.05, 0.1) is 12.1 Å². The van der Waals surface area contributed by atoms with Crippen molar-refractivity contribution in [2.24, 2.45) is 11.8 Å². The Bertz CT molecular complexity index is 452. The van der Waals surface area contributed by atoms with E-state index in [1.165, 1.54) is 6.92 Å². The fraction of sp³-hybridized carbons (Fsp3) is 0.917. The van der Waals surface area contributed by atoms with Crippen LogP contribution in [-0.4, -0.2) is 65.2 Å². The predicted octanol–water partition coefficient (Wildman–Crippen LogP) is -1.66. The highest BCUT2D eigenvalue weighted by atomic mass is 32.3. The Hall–Kier alpha value is -0.780. The molecule has 1 amide bonds. The first-order valence-electron chi connectivity index (χ1n) is 6.78. The Morgan fingerprint density at radius 2 is 1.73 bits per heavy atom. The molecule has 0 aliphatic carbocycles. The molecule has 0 heterocycles. The van der Waals surface area contributed by atoms with Crippen LogP contribution in [0.3, 0.4) is 0 Å². The molecule has 0 fully saturated rings. The summed E-state index contributed by atoms with van der Waals surface area (Å²) < 4.78 is 36.7. The summed E-state index contributed by atoms with van der Waals surface area (Å²) in [6.45, 7) is 5.19. The van der Waals surface area contributed by atoms with Gasteiger partial charge < -0.3 is 25.2 Å². The third-order valence-corrected chi connectivity index (χ3v) is 3.66. The predicted molar refractivity (Wildman–Crippen MR) is 75.3 cm³/mol. The van der Waals surface area contributed by atoms with Gasteiger partial charge in [-0.3, -0.25) is 8.98 Å². The molecule has 0 aromatic carbocycles. The minimum Gasteiger partial charge on any atom is -0.726 e. The van der Waals surface area contributed by atoms with Crippen molar-refractivity contribution in [1.29, 1.82) is 0 Å². The van der Waals surface area contributed by atoms with Crippen LogP contribution < -0.4 is 5.32 Å². The maximum Gasteiger partial charge on any atom is 0.218 e. The van der Waals surface area contributed by atoms with Crippen LogP contribution in [0.2, 0.25) is 0 Å². The zero-order valence-electron chi connectivity index (χ0n) is 13.0. The van der Waals surface area contributed by atoms with Crippen LogP contribution in [0.4, 0.5) is 0 Å². The molecule has 0 saturated heterocycles. The lowest BCUT2D eigenvalue weighted by Gasteiger charge is -2.36. The quantitative estimate of drug-likeness (QED) is 0.286. The number of hydrogen-bond donors (Lipinski definition) is 4. The normalized spacial score (nSPS) is 19.3. The van der Waals surface area contributed by atoms with Crippen LogP contribution in [-0.2, 0) is 19.4 Å². The molecule has 5 atom stereocenters. The van der Waals surface area contributed by atoms with E-state index in [0.717, 1.165) is 6.92 Å². The molecule has 132 valence electrons. The van der Waals surface area contributed by atoms with Crippen molar-refractivity contribution in [2.45, 2.75) is 52.0 Å². The van der Waals surface area contributed by atoms with Gasteiger partial charge in [0.25, 0.3) is 0 Å². The molecule has 10 heteroatoms. The van der Waals surface area contributed by atoms with Crippen molar-refractivity contribution >= 4 is 16.3 Å². The Morgan fingerprint density at radius 3 is 2.05 bits per heavy atom. The van der Waals surface area contributed by atoms with Gasteiger partial charge in [0, 0.05) is 19.4 Å². The topological polar surface area (TPSA) is 156 Å². The molecule has 0 aliphatic heterocycles. The second-order valence-electron chi connectivity index (χ2n) is 5.58. The molecular formula is C12H24NO8S-. The van der Waals surface area contributed by atoms with E-state index in [-0.39, 0.29) is 5.92 Å². The van der Waals surface area contributed by atoms with Crippen molar-refractivity contribution in [2.75, 3.05) is 6.61 Å². The Kier molecular flexibility index (Phi) is 8.44. The van der Waals surface area contributed by atoms with E-state index < -0.39 is 53.2 Å². The highest BCUT2D eigenvalue weighted by Gasteiger charge is 2.38. The fourth-order valence-corrected chi connectivity index (χ4v) is 2.53. The number of aliphatic hydroxyl groups excluding tert-OH is 3. The monoisotopic (exact) mass is 342 g/mol. The third kappa shape index (κ3) is 6.99. The molecule has 0 saturated carbocycles. The number of hydrogen-bond acceptors (Lipinski definition) is 8. The summed E-state index contributed by atoms with van der Waals surface area (Å²) in [5.41, 5.74) is 0. The number of rotatable bonds is 9. The van der Waals surface area contributed by atoms with Crippen LogP contribution in [0, 0.1) is 11.8 Å². The van der Waals surface area contributed by atoms with E-state index >= 15 is 0 Å². The first kappa shape index (κ1) is 21.2. The lowest BCUT2D eigenvalue weighted by atomic mass is 9.88. The van der Waals surface area contributed by atoms with Gasteiger partial charge in [-0.15, -0.1) is 0 Å². The van der Waals surface area contributed by atoms with E-state index in [1.807, 2.05) is 0 Å². The number of aliphatic hydroxyl groups is 3. The molecular weight excluding hydrogens is 318 g/mol. The van der Waals surface area contributed by atoms with E-state index in [9.17, 15) is 28.0 Å². The van der Waals surface area contributed by atoms with Crippen LogP contribution in [0.25, 0.3) is 0 Å². The molecule has 0 aromatic heterocycles. The molecule has 9 nitrogen and oxygen atoms in total. The number of carbonyl (C=O) groups is 1. The van der Waals surface area contributed by atoms with Gasteiger partial charge in [-0.05, 0) is 5.92 Å². The summed E-state index contributed by atoms with van der Waals surface area (Å²) in [4.78, 5) is 11.2. The van der Waals surface area contributed by atoms with Crippen molar-refractivity contribution < 1.29 is 37.3 Å². The zero-order chi connectivity index (χ0) is 17.7. The summed E-state index contributed by atoms with van der Waals surface area (Å²) >= 11 is 0. The lowest BCUT2D eigenvalue weighted by molar-refractivity contribution is -0.124. The standard InChI is InChI=1S/C12H25NO8S/c1-6(2)10(16)9(13-8(4)15)11(17)12(7(3)5-14)21-22(18,19)20/h6-7,9-12,14,16-17H,5H2,1-4H3,(H,13,15)(H,18,19,20)/p-1/t7?,9?,10-,11-,12-/m0/s1. The van der Waals surface area contributed by atoms with Gasteiger partial charge in [-0.1, -0.05) is 20.8 Å². The van der Waals surface area contributed by atoms with Gasteiger partial charge in [0.1, 0.15) is 12.2 Å². The molecule has 2 unspecified atom stereocenters. The van der Waals surface area contributed by atoms with Gasteiger partial charge in [0.2, 0.25) is 16.3 Å². The first-order chi connectivity index (χ1) is 9.90. The average molecular weight is 342 g/mol. The Morgan fingerprint density at radius 1 is 1.23 bits per heavy atom. The molecule has 0 aromatic rings. The molecule has 0 aliphatic rings. The summed E-state index contributed by atoms with van der Waals surface area (Å²) in [5, 5.41) is 31.8. The molecule has 22 heavy (non-hydrogen) atoms. The van der Waals surface area contributed by atoms with E-state index in [4.69, 9.17) is 5.11 Å². The SMILES string of the molecule is CC(=O)NC([C@@H](O)C(C)C)[C@H](O)[C@@H](OS(=O)(=O)[O-])C(C)CO. The minimum atomic E-state index is -5.15. The highest BCUT2D eigenvalue weighted by Crippen LogP contribution is 2.20. The Balaban J connectivity index is 5.49. The van der Waals surface area contributed by atoms with Crippen LogP contribution in [0.1, 0.15) is 27.7 Å². The summed E-state index contributed by atoms with van der Waals surface area (Å²) in [6, 6.07) is -1.27. The van der Waals surface area contributed by atoms with Crippen molar-refractivity contribution in [3.63, 3.8) is 0 Å². The number of amides is 1. The van der Waals surface area contributed by atoms with Crippen LogP contribution in [0.15, 0.2) is 0 Å². The van der Waals surface area contributed by atoms with Crippen LogP contribution >= 0.6 is 0 Å². The van der Waals surface area contributed by atoms with E-state index in [1.54, 1.807) is 13.8 Å². The molecule has 0 bridgehead atoms. The number of carbonyl (C=O) groups excluding carboxylic acids is 1. The van der Waals surface area contributed by atoms with Crippen molar-refractivity contribution in [3.8, 4) is 0 Å². The third-order valence-electron chi connectivity index (χ3n) is 3.20. The van der Waals surface area contributed by atoms with E-state index in [0.29, 0.717) is 0 Å². The first-order valence-corrected chi connectivity index (χ1v) is 8.12. The second-order valence-corrected chi connectivity index (χ2v) is 6.59. The molecule has 4 N–H and O–H groups in total. The van der Waals surface area contributed by atoms with Crippen LogP contribution in [0.5, 0.6) is 0 Å². The van der Waals surface area contributed by atoms with E-state index in [2.05, 4.69) is 9.50 Å². The highest BCUT2D eigenvalue weighted by molar-refractivity contribution is 7.80. The maximum absolute atomic E-state index is 11.2. The number of nitrogens with one attached hydrogen (secondary N) is 1. The largest absolute Gasteiger partial charge is 0.726 e. The Labute approximate surface area is 130 Å². The summed E-state index contributed by atoms with van der Waals surface area (Å²) in [5.74, 6) is -1.86. The maximum atomic E-state index is 11.2.